The summed E-state index contributed by atoms with van der Waals surface area (Å²) in [5.41, 5.74) is 7.60. The average Bonchev–Trinajstić information content (AvgIpc) is 3.40. The number of ketones is 1. The number of nitrogens with two attached hydrogens (primary N) is 1. The Bertz CT molecular complexity index is 1300. The molecular formula is C30H34FN5O3. The van der Waals surface area contributed by atoms with Gasteiger partial charge in [-0.05, 0) is 69.0 Å². The van der Waals surface area contributed by atoms with Crippen LogP contribution in [0.5, 0.6) is 0 Å². The Morgan fingerprint density at radius 2 is 1.87 bits per heavy atom. The minimum absolute atomic E-state index is 0.0103. The average molecular weight is 532 g/mol. The molecule has 5 N–H and O–H groups in total. The number of hydrogen-bond acceptors (Lipinski definition) is 6. The molecule has 1 aromatic carbocycles. The lowest BCUT2D eigenvalue weighted by atomic mass is 9.76. The number of allylic oxidation sites excluding steroid dienone is 5. The van der Waals surface area contributed by atoms with E-state index in [4.69, 9.17) is 11.1 Å². The van der Waals surface area contributed by atoms with Crippen LogP contribution in [0.4, 0.5) is 4.39 Å². The second-order valence-electron chi connectivity index (χ2n) is 10.6. The Labute approximate surface area is 227 Å². The van der Waals surface area contributed by atoms with Crippen LogP contribution in [0.2, 0.25) is 0 Å². The van der Waals surface area contributed by atoms with E-state index >= 15 is 0 Å². The van der Waals surface area contributed by atoms with Crippen molar-refractivity contribution >= 4 is 23.3 Å². The first kappa shape index (κ1) is 26.7. The Morgan fingerprint density at radius 3 is 2.51 bits per heavy atom. The number of halogens is 1. The van der Waals surface area contributed by atoms with Gasteiger partial charge >= 0.3 is 0 Å². The zero-order valence-corrected chi connectivity index (χ0v) is 21.8. The van der Waals surface area contributed by atoms with Crippen molar-refractivity contribution in [3.8, 4) is 0 Å². The highest BCUT2D eigenvalue weighted by molar-refractivity contribution is 6.43. The van der Waals surface area contributed by atoms with E-state index in [0.29, 0.717) is 68.7 Å². The first-order valence-electron chi connectivity index (χ1n) is 13.5. The fourth-order valence-corrected chi connectivity index (χ4v) is 5.98. The summed E-state index contributed by atoms with van der Waals surface area (Å²) < 4.78 is 13.3. The molecule has 9 heteroatoms. The summed E-state index contributed by atoms with van der Waals surface area (Å²) >= 11 is 0. The van der Waals surface area contributed by atoms with E-state index in [-0.39, 0.29) is 35.0 Å². The van der Waals surface area contributed by atoms with Gasteiger partial charge in [0.1, 0.15) is 11.4 Å². The molecule has 2 aliphatic heterocycles. The molecule has 0 aromatic heterocycles. The number of hydrogen-bond donors (Lipinski definition) is 4. The molecule has 39 heavy (non-hydrogen) atoms. The molecule has 0 saturated carbocycles. The summed E-state index contributed by atoms with van der Waals surface area (Å²) in [6.07, 6.45) is 11.8. The second kappa shape index (κ2) is 11.1. The minimum atomic E-state index is -0.954. The number of carbonyl (C=O) groups is 3. The third kappa shape index (κ3) is 5.36. The third-order valence-corrected chi connectivity index (χ3v) is 8.26. The smallest absolute Gasteiger partial charge is 0.255 e. The van der Waals surface area contributed by atoms with Crippen molar-refractivity contribution in [3.05, 3.63) is 83.0 Å². The zero-order valence-electron chi connectivity index (χ0n) is 21.8. The number of rotatable bonds is 7. The molecule has 4 aliphatic rings. The number of carbonyl (C=O) groups excluding carboxylic acids is 3. The zero-order chi connectivity index (χ0) is 27.6. The van der Waals surface area contributed by atoms with Gasteiger partial charge in [-0.25, -0.2) is 4.39 Å². The van der Waals surface area contributed by atoms with Gasteiger partial charge in [-0.3, -0.25) is 14.4 Å². The lowest BCUT2D eigenvalue weighted by Crippen LogP contribution is -2.62. The molecule has 2 unspecified atom stereocenters. The summed E-state index contributed by atoms with van der Waals surface area (Å²) in [7, 11) is 0. The number of amides is 2. The Hall–Kier alpha value is -3.85. The van der Waals surface area contributed by atoms with Gasteiger partial charge in [0.2, 0.25) is 11.7 Å². The Morgan fingerprint density at radius 1 is 1.13 bits per heavy atom. The molecule has 2 aliphatic carbocycles. The number of nitrogens with one attached hydrogen (secondary N) is 3. The van der Waals surface area contributed by atoms with E-state index in [2.05, 4.69) is 10.6 Å². The number of nitrogens with zero attached hydrogens (tertiary/aromatic N) is 1. The molecule has 2 saturated heterocycles. The maximum absolute atomic E-state index is 13.7. The largest absolute Gasteiger partial charge is 0.397 e. The molecule has 2 fully saturated rings. The predicted molar refractivity (Wildman–Crippen MR) is 146 cm³/mol. The summed E-state index contributed by atoms with van der Waals surface area (Å²) in [5, 5.41) is 14.9. The molecule has 1 aromatic rings. The number of likely N-dealkylation sites (tertiary alicyclic amines) is 1. The maximum atomic E-state index is 13.7. The van der Waals surface area contributed by atoms with Crippen LogP contribution in [0.1, 0.15) is 50.0 Å². The maximum Gasteiger partial charge on any atom is 0.255 e. The van der Waals surface area contributed by atoms with E-state index in [0.717, 1.165) is 12.0 Å². The summed E-state index contributed by atoms with van der Waals surface area (Å²) in [6.45, 7) is 1.81. The highest BCUT2D eigenvalue weighted by Crippen LogP contribution is 2.34. The Kier molecular flexibility index (Phi) is 7.61. The van der Waals surface area contributed by atoms with Gasteiger partial charge in [0, 0.05) is 36.1 Å². The highest BCUT2D eigenvalue weighted by Gasteiger charge is 2.49. The van der Waals surface area contributed by atoms with Crippen molar-refractivity contribution in [2.24, 2.45) is 11.7 Å². The van der Waals surface area contributed by atoms with Crippen LogP contribution in [0.25, 0.3) is 0 Å². The predicted octanol–water partition coefficient (Wildman–Crippen LogP) is 2.99. The molecule has 8 nitrogen and oxygen atoms in total. The van der Waals surface area contributed by atoms with E-state index in [1.54, 1.807) is 41.3 Å². The van der Waals surface area contributed by atoms with Crippen LogP contribution < -0.4 is 16.4 Å². The molecule has 204 valence electrons. The second-order valence-corrected chi connectivity index (χ2v) is 10.6. The summed E-state index contributed by atoms with van der Waals surface area (Å²) in [5.74, 6) is -1.40. The molecule has 5 rings (SSSR count). The van der Waals surface area contributed by atoms with Crippen molar-refractivity contribution in [1.29, 1.82) is 5.41 Å². The number of Topliss-reactive ketones (excluding diaryl/α,β-unsaturated/α-hetero) is 1. The fraction of sp³-hybridized carbons (Fsp3) is 0.400. The normalized spacial score (nSPS) is 24.5. The molecule has 2 heterocycles. The number of benzene rings is 1. The van der Waals surface area contributed by atoms with E-state index in [9.17, 15) is 18.8 Å². The van der Waals surface area contributed by atoms with Crippen LogP contribution in [0.15, 0.2) is 71.6 Å². The molecule has 2 atom stereocenters. The highest BCUT2D eigenvalue weighted by atomic mass is 19.1. The summed E-state index contributed by atoms with van der Waals surface area (Å²) in [6, 6.07) is 6.27. The van der Waals surface area contributed by atoms with Crippen LogP contribution in [0.3, 0.4) is 0 Å². The van der Waals surface area contributed by atoms with Gasteiger partial charge in [0.25, 0.3) is 5.91 Å². The van der Waals surface area contributed by atoms with Gasteiger partial charge in [0.15, 0.2) is 0 Å². The van der Waals surface area contributed by atoms with Gasteiger partial charge in [-0.1, -0.05) is 36.4 Å². The van der Waals surface area contributed by atoms with Crippen molar-refractivity contribution in [1.82, 2.24) is 15.5 Å². The summed E-state index contributed by atoms with van der Waals surface area (Å²) in [4.78, 5) is 41.1. The van der Waals surface area contributed by atoms with Crippen molar-refractivity contribution < 1.29 is 18.8 Å². The Balaban J connectivity index is 1.23. The van der Waals surface area contributed by atoms with Gasteiger partial charge in [-0.2, -0.15) is 0 Å². The first-order valence-corrected chi connectivity index (χ1v) is 13.5. The monoisotopic (exact) mass is 531 g/mol. The molecule has 0 radical (unpaired) electrons. The lowest BCUT2D eigenvalue weighted by molar-refractivity contribution is -0.142. The SMILES string of the molecule is N=C(C(=O)C1(N2CCCC2=O)CCNCC1)C1C=CC(C(=O)NC2=C(N)C=CC(c3ccc(F)cc3)C2)=CC1. The lowest BCUT2D eigenvalue weighted by Gasteiger charge is -2.44. The first-order chi connectivity index (χ1) is 18.8. The quantitative estimate of drug-likeness (QED) is 0.402. The van der Waals surface area contributed by atoms with Gasteiger partial charge in [-0.15, -0.1) is 0 Å². The van der Waals surface area contributed by atoms with E-state index < -0.39 is 11.5 Å². The molecular weight excluding hydrogens is 497 g/mol. The van der Waals surface area contributed by atoms with Crippen molar-refractivity contribution in [2.75, 3.05) is 19.6 Å². The van der Waals surface area contributed by atoms with Gasteiger partial charge in [0.05, 0.1) is 11.4 Å². The van der Waals surface area contributed by atoms with Crippen molar-refractivity contribution in [3.63, 3.8) is 0 Å². The third-order valence-electron chi connectivity index (χ3n) is 8.26. The molecule has 0 spiro atoms. The number of piperidine rings is 1. The van der Waals surface area contributed by atoms with Crippen LogP contribution in [-0.2, 0) is 14.4 Å². The molecule has 0 bridgehead atoms. The standard InChI is InChI=1S/C30H34FN5O3/c31-23-10-7-19(8-11-23)22-9-12-24(32)25(18-22)35-29(39)21-5-3-20(4-6-21)27(33)28(38)30(13-15-34-16-14-30)36-17-1-2-26(36)37/h3,5-12,20,22,33-34H,1-2,4,13-18,32H2,(H,35,39). The van der Waals surface area contributed by atoms with Crippen molar-refractivity contribution in [2.45, 2.75) is 50.0 Å². The van der Waals surface area contributed by atoms with E-state index in [1.165, 1.54) is 12.1 Å². The topological polar surface area (TPSA) is 128 Å². The van der Waals surface area contributed by atoms with Crippen LogP contribution >= 0.6 is 0 Å². The molecule has 2 amide bonds. The van der Waals surface area contributed by atoms with Gasteiger partial charge < -0.3 is 26.7 Å². The van der Waals surface area contributed by atoms with Crippen LogP contribution in [-0.4, -0.2) is 53.4 Å². The van der Waals surface area contributed by atoms with Crippen LogP contribution in [0, 0.1) is 17.1 Å². The minimum Gasteiger partial charge on any atom is -0.397 e. The van der Waals surface area contributed by atoms with E-state index in [1.807, 2.05) is 6.08 Å². The fourth-order valence-electron chi connectivity index (χ4n) is 5.98.